The highest BCUT2D eigenvalue weighted by Crippen LogP contribution is 2.32. The second-order valence-corrected chi connectivity index (χ2v) is 5.46. The topological polar surface area (TPSA) is 35.8 Å². The van der Waals surface area contributed by atoms with Gasteiger partial charge in [0.1, 0.15) is 16.8 Å². The summed E-state index contributed by atoms with van der Waals surface area (Å²) < 4.78 is 13.0. The van der Waals surface area contributed by atoms with Gasteiger partial charge in [0.15, 0.2) is 0 Å². The van der Waals surface area contributed by atoms with Gasteiger partial charge in [0.2, 0.25) is 0 Å². The van der Waals surface area contributed by atoms with E-state index in [4.69, 9.17) is 28.5 Å². The van der Waals surface area contributed by atoms with Crippen LogP contribution in [-0.2, 0) is 6.54 Å². The van der Waals surface area contributed by atoms with Gasteiger partial charge in [-0.05, 0) is 24.3 Å². The Kier molecular flexibility index (Phi) is 4.07. The first-order valence-electron chi connectivity index (χ1n) is 4.97. The molecule has 0 unspecified atom stereocenters. The Balaban J connectivity index is 2.13. The van der Waals surface area contributed by atoms with Gasteiger partial charge < -0.3 is 5.32 Å². The molecule has 18 heavy (non-hydrogen) atoms. The molecule has 0 saturated heterocycles. The number of anilines is 1. The summed E-state index contributed by atoms with van der Waals surface area (Å²) in [7, 11) is 0. The zero-order valence-corrected chi connectivity index (χ0v) is 11.3. The Bertz CT molecular complexity index is 596. The van der Waals surface area contributed by atoms with Crippen LogP contribution in [0.4, 0.5) is 10.1 Å². The van der Waals surface area contributed by atoms with E-state index < -0.39 is 5.82 Å². The number of thiophene rings is 1. The predicted molar refractivity (Wildman–Crippen MR) is 72.8 cm³/mol. The van der Waals surface area contributed by atoms with Crippen LogP contribution in [-0.4, -0.2) is 0 Å². The maximum atomic E-state index is 13.0. The highest BCUT2D eigenvalue weighted by atomic mass is 35.5. The first-order valence-corrected chi connectivity index (χ1v) is 6.54. The lowest BCUT2D eigenvalue weighted by molar-refractivity contribution is 0.628. The van der Waals surface area contributed by atoms with Crippen LogP contribution in [0.1, 0.15) is 9.75 Å². The van der Waals surface area contributed by atoms with Gasteiger partial charge in [-0.25, -0.2) is 4.39 Å². The van der Waals surface area contributed by atoms with Gasteiger partial charge in [0.25, 0.3) is 0 Å². The molecule has 1 N–H and O–H groups in total. The van der Waals surface area contributed by atoms with Crippen LogP contribution in [0.2, 0.25) is 10.0 Å². The standard InChI is InChI=1S/C12H7Cl2FN2S/c13-10-3-7(15)4-11(14)12(10)17-6-9-2-1-8(5-16)18-9/h1-4,17H,6H2. The van der Waals surface area contributed by atoms with Crippen molar-refractivity contribution in [2.24, 2.45) is 0 Å². The van der Waals surface area contributed by atoms with Gasteiger partial charge in [-0.2, -0.15) is 5.26 Å². The Morgan fingerprint density at radius 3 is 2.50 bits per heavy atom. The van der Waals surface area contributed by atoms with Gasteiger partial charge in [-0.3, -0.25) is 0 Å². The Morgan fingerprint density at radius 1 is 1.28 bits per heavy atom. The summed E-state index contributed by atoms with van der Waals surface area (Å²) in [6.07, 6.45) is 0. The van der Waals surface area contributed by atoms with Crippen LogP contribution >= 0.6 is 34.5 Å². The number of benzene rings is 1. The van der Waals surface area contributed by atoms with Crippen molar-refractivity contribution >= 4 is 40.2 Å². The van der Waals surface area contributed by atoms with E-state index in [1.807, 2.05) is 6.07 Å². The van der Waals surface area contributed by atoms with Crippen molar-refractivity contribution < 1.29 is 4.39 Å². The molecule has 2 nitrogen and oxygen atoms in total. The summed E-state index contributed by atoms with van der Waals surface area (Å²) >= 11 is 13.2. The molecule has 92 valence electrons. The number of nitrogens with zero attached hydrogens (tertiary/aromatic N) is 1. The second kappa shape index (κ2) is 5.57. The molecule has 0 aliphatic rings. The minimum Gasteiger partial charge on any atom is -0.378 e. The minimum absolute atomic E-state index is 0.233. The zero-order chi connectivity index (χ0) is 13.1. The predicted octanol–water partition coefficient (Wildman–Crippen LogP) is 4.68. The molecule has 0 aliphatic heterocycles. The van der Waals surface area contributed by atoms with E-state index in [2.05, 4.69) is 11.4 Å². The van der Waals surface area contributed by atoms with E-state index in [0.717, 1.165) is 4.88 Å². The number of nitriles is 1. The molecule has 2 rings (SSSR count). The lowest BCUT2D eigenvalue weighted by Gasteiger charge is -2.09. The molecule has 1 heterocycles. The van der Waals surface area contributed by atoms with E-state index in [9.17, 15) is 4.39 Å². The van der Waals surface area contributed by atoms with Crippen molar-refractivity contribution in [1.29, 1.82) is 5.26 Å². The smallest absolute Gasteiger partial charge is 0.126 e. The van der Waals surface area contributed by atoms with Crippen LogP contribution < -0.4 is 5.32 Å². The molecule has 0 saturated carbocycles. The molecular weight excluding hydrogens is 294 g/mol. The molecule has 1 aromatic carbocycles. The van der Waals surface area contributed by atoms with Gasteiger partial charge in [-0.15, -0.1) is 11.3 Å². The van der Waals surface area contributed by atoms with Crippen molar-refractivity contribution in [2.75, 3.05) is 5.32 Å². The van der Waals surface area contributed by atoms with Gasteiger partial charge in [0.05, 0.1) is 15.7 Å². The molecule has 0 radical (unpaired) electrons. The summed E-state index contributed by atoms with van der Waals surface area (Å²) in [5, 5.41) is 12.2. The maximum absolute atomic E-state index is 13.0. The van der Waals surface area contributed by atoms with E-state index in [-0.39, 0.29) is 10.0 Å². The summed E-state index contributed by atoms with van der Waals surface area (Å²) in [4.78, 5) is 1.62. The summed E-state index contributed by atoms with van der Waals surface area (Å²) in [5.74, 6) is -0.474. The van der Waals surface area contributed by atoms with E-state index >= 15 is 0 Å². The Hall–Kier alpha value is -1.28. The monoisotopic (exact) mass is 300 g/mol. The van der Waals surface area contributed by atoms with E-state index in [0.29, 0.717) is 17.1 Å². The van der Waals surface area contributed by atoms with Crippen molar-refractivity contribution in [3.05, 3.63) is 49.9 Å². The van der Waals surface area contributed by atoms with Crippen LogP contribution in [0.5, 0.6) is 0 Å². The van der Waals surface area contributed by atoms with Crippen LogP contribution in [0.15, 0.2) is 24.3 Å². The first-order chi connectivity index (χ1) is 8.60. The van der Waals surface area contributed by atoms with Crippen molar-refractivity contribution in [3.8, 4) is 6.07 Å². The maximum Gasteiger partial charge on any atom is 0.126 e. The molecule has 0 amide bonds. The largest absolute Gasteiger partial charge is 0.378 e. The van der Waals surface area contributed by atoms with Crippen molar-refractivity contribution in [3.63, 3.8) is 0 Å². The molecule has 2 aromatic rings. The third-order valence-electron chi connectivity index (χ3n) is 2.22. The quantitative estimate of drug-likeness (QED) is 0.893. The summed E-state index contributed by atoms with van der Waals surface area (Å²) in [6.45, 7) is 0.484. The lowest BCUT2D eigenvalue weighted by Crippen LogP contribution is -1.99. The minimum atomic E-state index is -0.474. The lowest BCUT2D eigenvalue weighted by atomic mass is 10.3. The number of halogens is 3. The third kappa shape index (κ3) is 2.94. The highest BCUT2D eigenvalue weighted by molar-refractivity contribution is 7.12. The third-order valence-corrected chi connectivity index (χ3v) is 3.80. The summed E-state index contributed by atoms with van der Waals surface area (Å²) in [5.41, 5.74) is 0.492. The van der Waals surface area contributed by atoms with E-state index in [1.165, 1.54) is 23.5 Å². The zero-order valence-electron chi connectivity index (χ0n) is 9.01. The molecule has 0 aliphatic carbocycles. The number of nitrogens with one attached hydrogen (secondary N) is 1. The van der Waals surface area contributed by atoms with Gasteiger partial charge in [-0.1, -0.05) is 23.2 Å². The molecular formula is C12H7Cl2FN2S. The first kappa shape index (κ1) is 13.2. The normalized spacial score (nSPS) is 10.1. The molecule has 1 aromatic heterocycles. The second-order valence-electron chi connectivity index (χ2n) is 3.48. The fraction of sp³-hybridized carbons (Fsp3) is 0.0833. The fourth-order valence-corrected chi connectivity index (χ4v) is 2.76. The van der Waals surface area contributed by atoms with Crippen LogP contribution in [0.3, 0.4) is 0 Å². The Labute approximate surface area is 118 Å². The Morgan fingerprint density at radius 2 is 1.94 bits per heavy atom. The summed E-state index contributed by atoms with van der Waals surface area (Å²) in [6, 6.07) is 8.06. The number of hydrogen-bond donors (Lipinski definition) is 1. The average molecular weight is 301 g/mol. The fourth-order valence-electron chi connectivity index (χ4n) is 1.42. The van der Waals surface area contributed by atoms with Crippen molar-refractivity contribution in [1.82, 2.24) is 0 Å². The van der Waals surface area contributed by atoms with Gasteiger partial charge in [0, 0.05) is 11.4 Å². The average Bonchev–Trinajstić information content (AvgIpc) is 2.75. The number of rotatable bonds is 3. The van der Waals surface area contributed by atoms with Gasteiger partial charge >= 0.3 is 0 Å². The SMILES string of the molecule is N#Cc1ccc(CNc2c(Cl)cc(F)cc2Cl)s1. The number of hydrogen-bond acceptors (Lipinski definition) is 3. The van der Waals surface area contributed by atoms with Crippen molar-refractivity contribution in [2.45, 2.75) is 6.54 Å². The molecule has 0 bridgehead atoms. The molecule has 0 fully saturated rings. The molecule has 6 heteroatoms. The van der Waals surface area contributed by atoms with Crippen LogP contribution in [0.25, 0.3) is 0 Å². The molecule has 0 spiro atoms. The highest BCUT2D eigenvalue weighted by Gasteiger charge is 2.08. The van der Waals surface area contributed by atoms with E-state index in [1.54, 1.807) is 6.07 Å². The molecule has 0 atom stereocenters. The van der Waals surface area contributed by atoms with Crippen LogP contribution in [0, 0.1) is 17.1 Å².